The van der Waals surface area contributed by atoms with Crippen LogP contribution in [0.25, 0.3) is 0 Å². The lowest BCUT2D eigenvalue weighted by Crippen LogP contribution is -2.17. The van der Waals surface area contributed by atoms with Crippen LogP contribution in [0.15, 0.2) is 24.5 Å². The number of nitrogens with zero attached hydrogens (tertiary/aromatic N) is 1. The molecule has 2 aromatic rings. The van der Waals surface area contributed by atoms with Crippen molar-refractivity contribution in [3.63, 3.8) is 0 Å². The van der Waals surface area contributed by atoms with Crippen molar-refractivity contribution in [1.29, 1.82) is 0 Å². The molecule has 98 valence electrons. The third-order valence-electron chi connectivity index (χ3n) is 2.58. The molecule has 0 aliphatic rings. The number of hydrogen-bond donors (Lipinski definition) is 3. The lowest BCUT2D eigenvalue weighted by molar-refractivity contribution is 0.0686. The molecule has 6 nitrogen and oxygen atoms in total. The SMILES string of the molecule is Cc1c(I)cccc1NC(=O)c1nc[nH]c1C(=O)O. The van der Waals surface area contributed by atoms with E-state index < -0.39 is 11.9 Å². The molecule has 0 saturated carbocycles. The van der Waals surface area contributed by atoms with Crippen LogP contribution in [-0.2, 0) is 0 Å². The van der Waals surface area contributed by atoms with Crippen molar-refractivity contribution in [2.24, 2.45) is 0 Å². The Hall–Kier alpha value is -1.90. The van der Waals surface area contributed by atoms with Crippen molar-refractivity contribution in [2.45, 2.75) is 6.92 Å². The van der Waals surface area contributed by atoms with Crippen LogP contribution in [0, 0.1) is 10.5 Å². The summed E-state index contributed by atoms with van der Waals surface area (Å²) in [4.78, 5) is 29.1. The highest BCUT2D eigenvalue weighted by Gasteiger charge is 2.20. The molecule has 0 atom stereocenters. The van der Waals surface area contributed by atoms with E-state index in [0.29, 0.717) is 5.69 Å². The van der Waals surface area contributed by atoms with Crippen molar-refractivity contribution in [3.05, 3.63) is 45.0 Å². The van der Waals surface area contributed by atoms with E-state index in [0.717, 1.165) is 9.13 Å². The average molecular weight is 371 g/mol. The van der Waals surface area contributed by atoms with Crippen molar-refractivity contribution in [2.75, 3.05) is 5.32 Å². The second-order valence-corrected chi connectivity index (χ2v) is 4.96. The second kappa shape index (κ2) is 5.39. The molecule has 7 heteroatoms. The van der Waals surface area contributed by atoms with Crippen LogP contribution in [0.2, 0.25) is 0 Å². The molecule has 1 amide bonds. The molecule has 0 bridgehead atoms. The van der Waals surface area contributed by atoms with E-state index in [1.807, 2.05) is 19.1 Å². The van der Waals surface area contributed by atoms with E-state index in [2.05, 4.69) is 37.9 Å². The first kappa shape index (κ1) is 13.5. The predicted molar refractivity (Wildman–Crippen MR) is 77.4 cm³/mol. The lowest BCUT2D eigenvalue weighted by Gasteiger charge is -2.08. The lowest BCUT2D eigenvalue weighted by atomic mass is 10.2. The van der Waals surface area contributed by atoms with E-state index in [-0.39, 0.29) is 11.4 Å². The normalized spacial score (nSPS) is 10.2. The number of anilines is 1. The van der Waals surface area contributed by atoms with E-state index in [4.69, 9.17) is 5.11 Å². The van der Waals surface area contributed by atoms with Crippen LogP contribution in [0.4, 0.5) is 5.69 Å². The number of rotatable bonds is 3. The first-order valence-corrected chi connectivity index (χ1v) is 6.41. The van der Waals surface area contributed by atoms with Crippen molar-refractivity contribution < 1.29 is 14.7 Å². The summed E-state index contributed by atoms with van der Waals surface area (Å²) in [6.45, 7) is 1.88. The molecule has 2 rings (SSSR count). The number of benzene rings is 1. The molecule has 0 aliphatic heterocycles. The van der Waals surface area contributed by atoms with Gasteiger partial charge >= 0.3 is 5.97 Å². The first-order valence-electron chi connectivity index (χ1n) is 5.34. The van der Waals surface area contributed by atoms with Gasteiger partial charge in [-0.2, -0.15) is 0 Å². The standard InChI is InChI=1S/C12H10IN3O3/c1-6-7(13)3-2-4-8(6)16-11(17)9-10(12(18)19)15-5-14-9/h2-5H,1H3,(H,14,15)(H,16,17)(H,18,19). The number of carbonyl (C=O) groups is 2. The van der Waals surface area contributed by atoms with Gasteiger partial charge in [-0.05, 0) is 47.2 Å². The minimum absolute atomic E-state index is 0.134. The van der Waals surface area contributed by atoms with E-state index in [9.17, 15) is 9.59 Å². The third-order valence-corrected chi connectivity index (χ3v) is 3.75. The second-order valence-electron chi connectivity index (χ2n) is 3.80. The number of imidazole rings is 1. The summed E-state index contributed by atoms with van der Waals surface area (Å²) in [7, 11) is 0. The molecule has 3 N–H and O–H groups in total. The van der Waals surface area contributed by atoms with Gasteiger partial charge in [-0.15, -0.1) is 0 Å². The number of carboxylic acid groups (broad SMARTS) is 1. The van der Waals surface area contributed by atoms with Crippen molar-refractivity contribution in [3.8, 4) is 0 Å². The zero-order valence-electron chi connectivity index (χ0n) is 9.90. The maximum absolute atomic E-state index is 12.0. The number of nitrogens with one attached hydrogen (secondary N) is 2. The van der Waals surface area contributed by atoms with E-state index in [1.54, 1.807) is 6.07 Å². The Morgan fingerprint density at radius 2 is 2.16 bits per heavy atom. The molecule has 1 aromatic heterocycles. The summed E-state index contributed by atoms with van der Waals surface area (Å²) in [5.74, 6) is -1.77. The summed E-state index contributed by atoms with van der Waals surface area (Å²) in [5.41, 5.74) is 1.20. The number of carboxylic acids is 1. The number of aromatic carboxylic acids is 1. The minimum atomic E-state index is -1.22. The molecular weight excluding hydrogens is 361 g/mol. The van der Waals surface area contributed by atoms with Crippen LogP contribution in [0.1, 0.15) is 26.5 Å². The predicted octanol–water partition coefficient (Wildman–Crippen LogP) is 2.27. The molecule has 0 aliphatic carbocycles. The van der Waals surface area contributed by atoms with Crippen molar-refractivity contribution >= 4 is 40.2 Å². The Morgan fingerprint density at radius 1 is 1.42 bits per heavy atom. The summed E-state index contributed by atoms with van der Waals surface area (Å²) in [6, 6.07) is 5.48. The monoisotopic (exact) mass is 371 g/mol. The van der Waals surface area contributed by atoms with Gasteiger partial charge in [0, 0.05) is 9.26 Å². The molecule has 0 fully saturated rings. The fourth-order valence-electron chi connectivity index (χ4n) is 1.55. The van der Waals surface area contributed by atoms with Gasteiger partial charge in [-0.25, -0.2) is 9.78 Å². The van der Waals surface area contributed by atoms with E-state index >= 15 is 0 Å². The Bertz CT molecular complexity index is 651. The van der Waals surface area contributed by atoms with Crippen LogP contribution >= 0.6 is 22.6 Å². The Labute approximate surface area is 122 Å². The van der Waals surface area contributed by atoms with E-state index in [1.165, 1.54) is 6.33 Å². The van der Waals surface area contributed by atoms with Gasteiger partial charge in [0.1, 0.15) is 0 Å². The molecule has 0 unspecified atom stereocenters. The Kier molecular flexibility index (Phi) is 3.84. The van der Waals surface area contributed by atoms with Crippen LogP contribution < -0.4 is 5.32 Å². The number of hydrogen-bond acceptors (Lipinski definition) is 3. The maximum Gasteiger partial charge on any atom is 0.354 e. The number of H-pyrrole nitrogens is 1. The number of halogens is 1. The third kappa shape index (κ3) is 2.75. The average Bonchev–Trinajstić information content (AvgIpc) is 2.84. The number of carbonyl (C=O) groups excluding carboxylic acids is 1. The number of aromatic nitrogens is 2. The van der Waals surface area contributed by atoms with Gasteiger partial charge in [0.15, 0.2) is 11.4 Å². The molecule has 19 heavy (non-hydrogen) atoms. The Morgan fingerprint density at radius 3 is 2.84 bits per heavy atom. The van der Waals surface area contributed by atoms with Gasteiger partial charge in [0.2, 0.25) is 0 Å². The quantitative estimate of drug-likeness (QED) is 0.722. The highest BCUT2D eigenvalue weighted by Crippen LogP contribution is 2.21. The van der Waals surface area contributed by atoms with Crippen LogP contribution in [0.3, 0.4) is 0 Å². The zero-order valence-corrected chi connectivity index (χ0v) is 12.1. The molecule has 0 saturated heterocycles. The van der Waals surface area contributed by atoms with Crippen molar-refractivity contribution in [1.82, 2.24) is 9.97 Å². The largest absolute Gasteiger partial charge is 0.477 e. The van der Waals surface area contributed by atoms with Crippen LogP contribution in [-0.4, -0.2) is 27.0 Å². The Balaban J connectivity index is 2.29. The van der Waals surface area contributed by atoms with Gasteiger partial charge in [-0.3, -0.25) is 4.79 Å². The van der Waals surface area contributed by atoms with Crippen LogP contribution in [0.5, 0.6) is 0 Å². The van der Waals surface area contributed by atoms with Gasteiger partial charge in [0.05, 0.1) is 6.33 Å². The smallest absolute Gasteiger partial charge is 0.354 e. The van der Waals surface area contributed by atoms with Gasteiger partial charge < -0.3 is 15.4 Å². The molecular formula is C12H10IN3O3. The van der Waals surface area contributed by atoms with Gasteiger partial charge in [0.25, 0.3) is 5.91 Å². The fourth-order valence-corrected chi connectivity index (χ4v) is 2.05. The fraction of sp³-hybridized carbons (Fsp3) is 0.0833. The number of amides is 1. The topological polar surface area (TPSA) is 95.1 Å². The summed E-state index contributed by atoms with van der Waals surface area (Å²) >= 11 is 2.16. The highest BCUT2D eigenvalue weighted by molar-refractivity contribution is 14.1. The summed E-state index contributed by atoms with van der Waals surface area (Å²) < 4.78 is 1.01. The minimum Gasteiger partial charge on any atom is -0.477 e. The molecule has 0 spiro atoms. The molecule has 1 aromatic carbocycles. The first-order chi connectivity index (χ1) is 9.00. The highest BCUT2D eigenvalue weighted by atomic mass is 127. The molecule has 1 heterocycles. The molecule has 0 radical (unpaired) electrons. The maximum atomic E-state index is 12.0. The number of aromatic amines is 1. The van der Waals surface area contributed by atoms with Gasteiger partial charge in [-0.1, -0.05) is 6.07 Å². The summed E-state index contributed by atoms with van der Waals surface area (Å²) in [6.07, 6.45) is 1.18. The summed E-state index contributed by atoms with van der Waals surface area (Å²) in [5, 5.41) is 11.6. The zero-order chi connectivity index (χ0) is 14.0.